The highest BCUT2D eigenvalue weighted by Crippen LogP contribution is 2.03. The number of benzene rings is 1. The molecular formula is C13H14N2O3. The molecule has 1 aliphatic rings. The third kappa shape index (κ3) is 3.41. The summed E-state index contributed by atoms with van der Waals surface area (Å²) in [6.07, 6.45) is 3.24. The van der Waals surface area contributed by atoms with Gasteiger partial charge in [0.05, 0.1) is 12.8 Å². The first-order chi connectivity index (χ1) is 8.90. The van der Waals surface area contributed by atoms with Crippen LogP contribution in [0.5, 0.6) is 0 Å². The van der Waals surface area contributed by atoms with E-state index in [1.807, 2.05) is 6.07 Å². The van der Waals surface area contributed by atoms with Crippen LogP contribution in [0, 0.1) is 0 Å². The molecule has 1 aliphatic heterocycles. The Kier molecular flexibility index (Phi) is 4.46. The van der Waals surface area contributed by atoms with E-state index in [-0.39, 0.29) is 6.61 Å². The number of hydrogen-bond donors (Lipinski definition) is 0. The number of rotatable bonds is 5. The lowest BCUT2D eigenvalue weighted by Crippen LogP contribution is -2.17. The number of carbonyl (C=O) groups excluding carboxylic acids is 1. The Morgan fingerprint density at radius 3 is 2.94 bits per heavy atom. The van der Waals surface area contributed by atoms with Gasteiger partial charge >= 0.3 is 0 Å². The van der Waals surface area contributed by atoms with Crippen LogP contribution in [-0.4, -0.2) is 38.2 Å². The van der Waals surface area contributed by atoms with Crippen LogP contribution in [-0.2, 0) is 9.57 Å². The first-order valence-electron chi connectivity index (χ1n) is 5.76. The summed E-state index contributed by atoms with van der Waals surface area (Å²) in [5, 5.41) is 3.80. The van der Waals surface area contributed by atoms with E-state index in [4.69, 9.17) is 9.57 Å². The summed E-state index contributed by atoms with van der Waals surface area (Å²) in [5.41, 5.74) is 1.30. The molecule has 1 aromatic carbocycles. The molecule has 0 N–H and O–H groups in total. The molecule has 18 heavy (non-hydrogen) atoms. The van der Waals surface area contributed by atoms with Gasteiger partial charge in [0, 0.05) is 24.1 Å². The molecule has 0 fully saturated rings. The Bertz CT molecular complexity index is 469. The van der Waals surface area contributed by atoms with E-state index in [2.05, 4.69) is 10.1 Å². The maximum Gasteiger partial charge on any atom is 0.225 e. The number of aliphatic imine (C=N–C) groups is 1. The second-order valence-electron chi connectivity index (χ2n) is 3.73. The molecule has 1 aromatic rings. The monoisotopic (exact) mass is 246 g/mol. The fourth-order valence-corrected chi connectivity index (χ4v) is 1.51. The topological polar surface area (TPSA) is 60.2 Å². The maximum atomic E-state index is 10.8. The van der Waals surface area contributed by atoms with Crippen LogP contribution in [0.1, 0.15) is 22.3 Å². The number of ether oxygens (including phenoxy) is 1. The van der Waals surface area contributed by atoms with Crippen LogP contribution < -0.4 is 0 Å². The smallest absolute Gasteiger partial charge is 0.225 e. The quantitative estimate of drug-likeness (QED) is 0.451. The van der Waals surface area contributed by atoms with E-state index in [0.717, 1.165) is 24.8 Å². The number of aldehydes is 1. The van der Waals surface area contributed by atoms with Crippen molar-refractivity contribution in [1.29, 1.82) is 0 Å². The molecule has 0 saturated carbocycles. The lowest BCUT2D eigenvalue weighted by Gasteiger charge is -2.11. The van der Waals surface area contributed by atoms with Crippen molar-refractivity contribution in [3.63, 3.8) is 0 Å². The standard InChI is InChI=1S/C13H14N2O3/c16-9-12-5-2-1-4-11(12)8-15-18-10-13-14-6-3-7-17-13/h1-2,4-5,8-9H,3,6-7,10H2. The zero-order chi connectivity index (χ0) is 12.6. The zero-order valence-electron chi connectivity index (χ0n) is 9.91. The molecule has 5 nitrogen and oxygen atoms in total. The third-order valence-electron chi connectivity index (χ3n) is 2.44. The Morgan fingerprint density at radius 2 is 2.22 bits per heavy atom. The first-order valence-corrected chi connectivity index (χ1v) is 5.76. The van der Waals surface area contributed by atoms with Crippen molar-refractivity contribution in [3.05, 3.63) is 35.4 Å². The highest BCUT2D eigenvalue weighted by Gasteiger charge is 2.05. The van der Waals surface area contributed by atoms with Crippen LogP contribution in [0.3, 0.4) is 0 Å². The van der Waals surface area contributed by atoms with Crippen molar-refractivity contribution in [1.82, 2.24) is 0 Å². The Morgan fingerprint density at radius 1 is 1.39 bits per heavy atom. The molecule has 1 heterocycles. The number of oxime groups is 1. The number of carbonyl (C=O) groups is 1. The van der Waals surface area contributed by atoms with Crippen molar-refractivity contribution in [2.75, 3.05) is 19.8 Å². The normalized spacial score (nSPS) is 15.0. The second kappa shape index (κ2) is 6.54. The molecule has 0 spiro atoms. The van der Waals surface area contributed by atoms with E-state index < -0.39 is 0 Å². The molecule has 0 bridgehead atoms. The van der Waals surface area contributed by atoms with Crippen molar-refractivity contribution >= 4 is 18.4 Å². The predicted molar refractivity (Wildman–Crippen MR) is 68.2 cm³/mol. The molecule has 2 rings (SSSR count). The summed E-state index contributed by atoms with van der Waals surface area (Å²) in [6, 6.07) is 7.16. The van der Waals surface area contributed by atoms with E-state index >= 15 is 0 Å². The van der Waals surface area contributed by atoms with Crippen molar-refractivity contribution in [2.24, 2.45) is 10.1 Å². The van der Waals surface area contributed by atoms with Gasteiger partial charge in [-0.05, 0) is 0 Å². The van der Waals surface area contributed by atoms with E-state index in [1.54, 1.807) is 18.2 Å². The van der Waals surface area contributed by atoms with Crippen LogP contribution in [0.25, 0.3) is 0 Å². The van der Waals surface area contributed by atoms with Crippen LogP contribution in [0.15, 0.2) is 34.4 Å². The van der Waals surface area contributed by atoms with Crippen molar-refractivity contribution in [3.8, 4) is 0 Å². The minimum absolute atomic E-state index is 0.222. The fourth-order valence-electron chi connectivity index (χ4n) is 1.51. The van der Waals surface area contributed by atoms with Gasteiger partial charge in [0.25, 0.3) is 0 Å². The van der Waals surface area contributed by atoms with Crippen molar-refractivity contribution < 1.29 is 14.4 Å². The van der Waals surface area contributed by atoms with Gasteiger partial charge in [-0.3, -0.25) is 9.79 Å². The largest absolute Gasteiger partial charge is 0.478 e. The highest BCUT2D eigenvalue weighted by atomic mass is 16.6. The van der Waals surface area contributed by atoms with Gasteiger partial charge < -0.3 is 9.57 Å². The van der Waals surface area contributed by atoms with E-state index in [0.29, 0.717) is 18.1 Å². The van der Waals surface area contributed by atoms with Crippen LogP contribution in [0.2, 0.25) is 0 Å². The first kappa shape index (κ1) is 12.3. The van der Waals surface area contributed by atoms with Gasteiger partial charge in [-0.25, -0.2) is 0 Å². The molecular weight excluding hydrogens is 232 g/mol. The SMILES string of the molecule is O=Cc1ccccc1C=NOCC1=NCCCO1. The number of hydrogen-bond acceptors (Lipinski definition) is 5. The average molecular weight is 246 g/mol. The fraction of sp³-hybridized carbons (Fsp3) is 0.308. The summed E-state index contributed by atoms with van der Waals surface area (Å²) >= 11 is 0. The zero-order valence-corrected chi connectivity index (χ0v) is 9.91. The van der Waals surface area contributed by atoms with Gasteiger partial charge in [0.2, 0.25) is 5.90 Å². The second-order valence-corrected chi connectivity index (χ2v) is 3.73. The van der Waals surface area contributed by atoms with Gasteiger partial charge in [0.1, 0.15) is 0 Å². The molecule has 5 heteroatoms. The molecule has 0 aliphatic carbocycles. The third-order valence-corrected chi connectivity index (χ3v) is 2.44. The maximum absolute atomic E-state index is 10.8. The minimum Gasteiger partial charge on any atom is -0.478 e. The van der Waals surface area contributed by atoms with Crippen LogP contribution in [0.4, 0.5) is 0 Å². The Labute approximate surface area is 105 Å². The molecule has 0 amide bonds. The van der Waals surface area contributed by atoms with Gasteiger partial charge in [0.15, 0.2) is 12.9 Å². The summed E-state index contributed by atoms with van der Waals surface area (Å²) in [5.74, 6) is 0.571. The summed E-state index contributed by atoms with van der Waals surface area (Å²) in [4.78, 5) is 20.0. The minimum atomic E-state index is 0.222. The van der Waals surface area contributed by atoms with E-state index in [9.17, 15) is 4.79 Å². The number of nitrogens with zero attached hydrogens (tertiary/aromatic N) is 2. The van der Waals surface area contributed by atoms with Gasteiger partial charge in [-0.15, -0.1) is 0 Å². The summed E-state index contributed by atoms with van der Waals surface area (Å²) in [6.45, 7) is 1.68. The van der Waals surface area contributed by atoms with Gasteiger partial charge in [-0.1, -0.05) is 29.4 Å². The van der Waals surface area contributed by atoms with Crippen LogP contribution >= 0.6 is 0 Å². The average Bonchev–Trinajstić information content (AvgIpc) is 2.45. The molecule has 0 radical (unpaired) electrons. The molecule has 0 atom stereocenters. The molecule has 94 valence electrons. The van der Waals surface area contributed by atoms with Crippen molar-refractivity contribution in [2.45, 2.75) is 6.42 Å². The summed E-state index contributed by atoms with van der Waals surface area (Å²) in [7, 11) is 0. The molecule has 0 aromatic heterocycles. The van der Waals surface area contributed by atoms with E-state index in [1.165, 1.54) is 6.21 Å². The summed E-state index contributed by atoms with van der Waals surface area (Å²) < 4.78 is 5.27. The predicted octanol–water partition coefficient (Wildman–Crippen LogP) is 1.67. The lowest BCUT2D eigenvalue weighted by molar-refractivity contribution is 0.112. The highest BCUT2D eigenvalue weighted by molar-refractivity contribution is 5.92. The van der Waals surface area contributed by atoms with Gasteiger partial charge in [-0.2, -0.15) is 0 Å². The molecule has 0 unspecified atom stereocenters. The Hall–Kier alpha value is -2.17. The lowest BCUT2D eigenvalue weighted by atomic mass is 10.1. The molecule has 0 saturated heterocycles. The Balaban J connectivity index is 1.87.